The van der Waals surface area contributed by atoms with Crippen molar-refractivity contribution in [2.45, 2.75) is 38.1 Å². The summed E-state index contributed by atoms with van der Waals surface area (Å²) in [6, 6.07) is 25.1. The highest BCUT2D eigenvalue weighted by molar-refractivity contribution is 5.30. The van der Waals surface area contributed by atoms with E-state index < -0.39 is 0 Å². The first-order valence-electron chi connectivity index (χ1n) is 11.7. The molecule has 33 heavy (non-hydrogen) atoms. The fourth-order valence-electron chi connectivity index (χ4n) is 4.14. The second kappa shape index (κ2) is 12.5. The molecule has 3 aromatic rings. The topological polar surface area (TPSA) is 39.7 Å². The molecule has 1 aliphatic heterocycles. The average Bonchev–Trinajstić information content (AvgIpc) is 2.86. The van der Waals surface area contributed by atoms with Gasteiger partial charge in [0.25, 0.3) is 0 Å². The molecule has 0 amide bonds. The zero-order valence-electron chi connectivity index (χ0n) is 18.9. The molecule has 2 unspecified atom stereocenters. The smallest absolute Gasteiger partial charge is 0.123 e. The van der Waals surface area contributed by atoms with E-state index in [0.29, 0.717) is 32.3 Å². The van der Waals surface area contributed by atoms with Gasteiger partial charge in [0.15, 0.2) is 0 Å². The van der Waals surface area contributed by atoms with E-state index in [0.717, 1.165) is 37.2 Å². The summed E-state index contributed by atoms with van der Waals surface area (Å²) >= 11 is 0. The fraction of sp³-hybridized carbons (Fsp3) is 0.357. The lowest BCUT2D eigenvalue weighted by Gasteiger charge is -2.32. The summed E-state index contributed by atoms with van der Waals surface area (Å²) in [4.78, 5) is 0. The first kappa shape index (κ1) is 23.4. The lowest BCUT2D eigenvalue weighted by molar-refractivity contribution is 0.0105. The van der Waals surface area contributed by atoms with Gasteiger partial charge in [-0.1, -0.05) is 54.6 Å². The number of halogens is 1. The van der Waals surface area contributed by atoms with E-state index in [-0.39, 0.29) is 11.9 Å². The van der Waals surface area contributed by atoms with Gasteiger partial charge in [0.2, 0.25) is 0 Å². The largest absolute Gasteiger partial charge is 0.494 e. The van der Waals surface area contributed by atoms with Gasteiger partial charge in [-0.25, -0.2) is 4.39 Å². The normalized spacial score (nSPS) is 18.2. The van der Waals surface area contributed by atoms with E-state index in [1.165, 1.54) is 23.3 Å². The van der Waals surface area contributed by atoms with E-state index in [2.05, 4.69) is 29.6 Å². The molecule has 1 N–H and O–H groups in total. The maximum absolute atomic E-state index is 13.4. The Hall–Kier alpha value is -2.73. The number of piperidine rings is 1. The third kappa shape index (κ3) is 7.39. The van der Waals surface area contributed by atoms with Crippen molar-refractivity contribution in [3.8, 4) is 5.75 Å². The van der Waals surface area contributed by atoms with Gasteiger partial charge in [-0.3, -0.25) is 0 Å². The molecule has 174 valence electrons. The van der Waals surface area contributed by atoms with Crippen LogP contribution in [0.4, 0.5) is 4.39 Å². The van der Waals surface area contributed by atoms with Crippen molar-refractivity contribution in [3.05, 3.63) is 101 Å². The van der Waals surface area contributed by atoms with Crippen LogP contribution in [0.25, 0.3) is 0 Å². The SMILES string of the molecule is Fc1cccc(COC2CNCCC2c2ccc(OCCCOCc3ccccc3)cc2)c1. The maximum Gasteiger partial charge on any atom is 0.123 e. The molecule has 1 aliphatic rings. The predicted molar refractivity (Wildman–Crippen MR) is 128 cm³/mol. The van der Waals surface area contributed by atoms with Gasteiger partial charge in [-0.2, -0.15) is 0 Å². The van der Waals surface area contributed by atoms with Crippen molar-refractivity contribution in [2.24, 2.45) is 0 Å². The summed E-state index contributed by atoms with van der Waals surface area (Å²) in [5, 5.41) is 3.41. The summed E-state index contributed by atoms with van der Waals surface area (Å²) in [5.41, 5.74) is 3.29. The standard InChI is InChI=1S/C28H32FNO3/c29-25-9-4-8-23(18-25)21-33-28-19-30-15-14-27(28)24-10-12-26(13-11-24)32-17-5-16-31-20-22-6-2-1-3-7-22/h1-4,6-13,18,27-28,30H,5,14-17,19-21H2. The van der Waals surface area contributed by atoms with Crippen LogP contribution in [-0.2, 0) is 22.7 Å². The number of hydrogen-bond acceptors (Lipinski definition) is 4. The first-order chi connectivity index (χ1) is 16.3. The number of ether oxygens (including phenoxy) is 3. The van der Waals surface area contributed by atoms with E-state index in [1.54, 1.807) is 6.07 Å². The molecule has 0 bridgehead atoms. The Bertz CT molecular complexity index is 964. The van der Waals surface area contributed by atoms with Crippen LogP contribution in [0.2, 0.25) is 0 Å². The molecular weight excluding hydrogens is 417 g/mol. The van der Waals surface area contributed by atoms with Crippen LogP contribution in [0.5, 0.6) is 5.75 Å². The molecule has 4 rings (SSSR count). The molecule has 0 aromatic heterocycles. The highest BCUT2D eigenvalue weighted by Gasteiger charge is 2.27. The Morgan fingerprint density at radius 1 is 0.848 bits per heavy atom. The van der Waals surface area contributed by atoms with Crippen LogP contribution in [0.15, 0.2) is 78.9 Å². The van der Waals surface area contributed by atoms with Crippen LogP contribution in [-0.4, -0.2) is 32.4 Å². The molecule has 1 heterocycles. The molecule has 5 heteroatoms. The second-order valence-corrected chi connectivity index (χ2v) is 8.39. The molecular formula is C28H32FNO3. The highest BCUT2D eigenvalue weighted by Crippen LogP contribution is 2.29. The number of nitrogens with one attached hydrogen (secondary N) is 1. The van der Waals surface area contributed by atoms with E-state index in [1.807, 2.05) is 36.4 Å². The van der Waals surface area contributed by atoms with Crippen LogP contribution in [0, 0.1) is 5.82 Å². The van der Waals surface area contributed by atoms with Gasteiger partial charge in [0.1, 0.15) is 11.6 Å². The van der Waals surface area contributed by atoms with Crippen LogP contribution >= 0.6 is 0 Å². The third-order valence-electron chi connectivity index (χ3n) is 5.90. The molecule has 4 nitrogen and oxygen atoms in total. The Balaban J connectivity index is 1.21. The molecule has 0 radical (unpaired) electrons. The molecule has 2 atom stereocenters. The Labute approximate surface area is 195 Å². The minimum Gasteiger partial charge on any atom is -0.494 e. The van der Waals surface area contributed by atoms with Crippen molar-refractivity contribution in [1.82, 2.24) is 5.32 Å². The van der Waals surface area contributed by atoms with Crippen molar-refractivity contribution in [1.29, 1.82) is 0 Å². The van der Waals surface area contributed by atoms with Crippen LogP contribution in [0.1, 0.15) is 35.4 Å². The third-order valence-corrected chi connectivity index (χ3v) is 5.90. The van der Waals surface area contributed by atoms with Crippen LogP contribution in [0.3, 0.4) is 0 Å². The van der Waals surface area contributed by atoms with Gasteiger partial charge in [-0.15, -0.1) is 0 Å². The number of benzene rings is 3. The van der Waals surface area contributed by atoms with E-state index in [4.69, 9.17) is 14.2 Å². The maximum atomic E-state index is 13.4. The predicted octanol–water partition coefficient (Wildman–Crippen LogP) is 5.47. The first-order valence-corrected chi connectivity index (χ1v) is 11.7. The number of rotatable bonds is 11. The Morgan fingerprint density at radius 2 is 1.67 bits per heavy atom. The molecule has 1 saturated heterocycles. The summed E-state index contributed by atoms with van der Waals surface area (Å²) in [7, 11) is 0. The van der Waals surface area contributed by atoms with Crippen molar-refractivity contribution in [2.75, 3.05) is 26.3 Å². The second-order valence-electron chi connectivity index (χ2n) is 8.39. The summed E-state index contributed by atoms with van der Waals surface area (Å²) < 4.78 is 31.2. The summed E-state index contributed by atoms with van der Waals surface area (Å²) in [5.74, 6) is 0.945. The van der Waals surface area contributed by atoms with Crippen molar-refractivity contribution < 1.29 is 18.6 Å². The number of hydrogen-bond donors (Lipinski definition) is 1. The van der Waals surface area contributed by atoms with E-state index >= 15 is 0 Å². The lowest BCUT2D eigenvalue weighted by atomic mass is 9.87. The van der Waals surface area contributed by atoms with Crippen molar-refractivity contribution in [3.63, 3.8) is 0 Å². The summed E-state index contributed by atoms with van der Waals surface area (Å²) in [6.07, 6.45) is 1.90. The zero-order valence-corrected chi connectivity index (χ0v) is 18.9. The van der Waals surface area contributed by atoms with Crippen LogP contribution < -0.4 is 10.1 Å². The Morgan fingerprint density at radius 3 is 2.48 bits per heavy atom. The lowest BCUT2D eigenvalue weighted by Crippen LogP contribution is -2.40. The highest BCUT2D eigenvalue weighted by atomic mass is 19.1. The minimum absolute atomic E-state index is 0.0514. The molecule has 0 spiro atoms. The molecule has 0 aliphatic carbocycles. The minimum atomic E-state index is -0.229. The Kier molecular flexibility index (Phi) is 8.87. The van der Waals surface area contributed by atoms with Crippen molar-refractivity contribution >= 4 is 0 Å². The van der Waals surface area contributed by atoms with Gasteiger partial charge in [0, 0.05) is 18.9 Å². The van der Waals surface area contributed by atoms with Gasteiger partial charge in [0.05, 0.1) is 32.5 Å². The van der Waals surface area contributed by atoms with E-state index in [9.17, 15) is 4.39 Å². The average molecular weight is 450 g/mol. The zero-order chi connectivity index (χ0) is 22.7. The summed E-state index contributed by atoms with van der Waals surface area (Å²) in [6.45, 7) is 4.10. The van der Waals surface area contributed by atoms with Gasteiger partial charge < -0.3 is 19.5 Å². The van der Waals surface area contributed by atoms with Gasteiger partial charge >= 0.3 is 0 Å². The molecule has 0 saturated carbocycles. The molecule has 3 aromatic carbocycles. The van der Waals surface area contributed by atoms with Gasteiger partial charge in [-0.05, 0) is 53.9 Å². The monoisotopic (exact) mass is 449 g/mol. The molecule has 1 fully saturated rings. The fourth-order valence-corrected chi connectivity index (χ4v) is 4.14. The quantitative estimate of drug-likeness (QED) is 0.394.